The minimum absolute atomic E-state index is 0.123. The summed E-state index contributed by atoms with van der Waals surface area (Å²) in [7, 11) is 3.12. The highest BCUT2D eigenvalue weighted by Crippen LogP contribution is 2.29. The van der Waals surface area contributed by atoms with Crippen LogP contribution in [0.15, 0.2) is 40.8 Å². The third kappa shape index (κ3) is 3.32. The molecule has 6 heteroatoms. The van der Waals surface area contributed by atoms with E-state index in [1.165, 1.54) is 0 Å². The third-order valence-corrected chi connectivity index (χ3v) is 3.59. The number of aryl methyl sites for hydroxylation is 1. The van der Waals surface area contributed by atoms with Crippen LogP contribution in [0.25, 0.3) is 11.1 Å². The van der Waals surface area contributed by atoms with Crippen LogP contribution in [0.5, 0.6) is 11.5 Å². The molecule has 0 aliphatic carbocycles. The van der Waals surface area contributed by atoms with Gasteiger partial charge in [0, 0.05) is 18.7 Å². The van der Waals surface area contributed by atoms with Gasteiger partial charge in [0.1, 0.15) is 5.52 Å². The molecule has 0 aliphatic rings. The number of carbonyl (C=O) groups excluding carboxylic acids is 1. The lowest BCUT2D eigenvalue weighted by Crippen LogP contribution is -2.14. The zero-order valence-corrected chi connectivity index (χ0v) is 13.8. The Morgan fingerprint density at radius 2 is 1.92 bits per heavy atom. The van der Waals surface area contributed by atoms with Crippen molar-refractivity contribution in [3.8, 4) is 11.5 Å². The highest BCUT2D eigenvalue weighted by Gasteiger charge is 2.10. The minimum Gasteiger partial charge on any atom is -0.493 e. The number of amides is 1. The first-order chi connectivity index (χ1) is 11.6. The van der Waals surface area contributed by atoms with Gasteiger partial charge in [0.15, 0.2) is 23.0 Å². The molecule has 3 rings (SSSR count). The Morgan fingerprint density at radius 3 is 2.67 bits per heavy atom. The Morgan fingerprint density at radius 1 is 1.12 bits per heavy atom. The summed E-state index contributed by atoms with van der Waals surface area (Å²) in [5.41, 5.74) is 2.99. The van der Waals surface area contributed by atoms with Gasteiger partial charge in [0.05, 0.1) is 20.6 Å². The lowest BCUT2D eigenvalue weighted by atomic mass is 10.1. The Balaban J connectivity index is 1.72. The summed E-state index contributed by atoms with van der Waals surface area (Å²) in [4.78, 5) is 16.5. The van der Waals surface area contributed by atoms with Gasteiger partial charge in [0.2, 0.25) is 5.91 Å². The normalized spacial score (nSPS) is 10.6. The number of ether oxygens (including phenoxy) is 2. The van der Waals surface area contributed by atoms with Crippen molar-refractivity contribution in [2.75, 3.05) is 19.5 Å². The summed E-state index contributed by atoms with van der Waals surface area (Å²) < 4.78 is 15.8. The lowest BCUT2D eigenvalue weighted by Gasteiger charge is -2.10. The first kappa shape index (κ1) is 15.9. The van der Waals surface area contributed by atoms with Gasteiger partial charge in [0.25, 0.3) is 0 Å². The number of rotatable bonds is 5. The van der Waals surface area contributed by atoms with Crippen LogP contribution in [-0.2, 0) is 11.2 Å². The van der Waals surface area contributed by atoms with Crippen LogP contribution in [0.2, 0.25) is 0 Å². The van der Waals surface area contributed by atoms with Gasteiger partial charge in [-0.15, -0.1) is 0 Å². The molecule has 0 bridgehead atoms. The second kappa shape index (κ2) is 6.62. The minimum atomic E-state index is -0.123. The molecule has 0 saturated heterocycles. The molecule has 1 N–H and O–H groups in total. The molecule has 1 aromatic heterocycles. The molecule has 1 heterocycles. The van der Waals surface area contributed by atoms with E-state index in [4.69, 9.17) is 13.9 Å². The molecule has 3 aromatic rings. The van der Waals surface area contributed by atoms with Gasteiger partial charge in [-0.25, -0.2) is 4.98 Å². The van der Waals surface area contributed by atoms with E-state index in [-0.39, 0.29) is 12.3 Å². The number of hydrogen-bond donors (Lipinski definition) is 1. The fourth-order valence-corrected chi connectivity index (χ4v) is 2.50. The molecule has 24 heavy (non-hydrogen) atoms. The molecular weight excluding hydrogens is 308 g/mol. The summed E-state index contributed by atoms with van der Waals surface area (Å²) in [5, 5.41) is 2.85. The number of oxazole rings is 1. The van der Waals surface area contributed by atoms with Crippen LogP contribution in [0.3, 0.4) is 0 Å². The first-order valence-corrected chi connectivity index (χ1v) is 7.47. The predicted molar refractivity (Wildman–Crippen MR) is 90.6 cm³/mol. The monoisotopic (exact) mass is 326 g/mol. The van der Waals surface area contributed by atoms with Crippen molar-refractivity contribution in [3.05, 3.63) is 47.9 Å². The zero-order valence-electron chi connectivity index (χ0n) is 13.8. The van der Waals surface area contributed by atoms with Crippen molar-refractivity contribution in [2.24, 2.45) is 0 Å². The number of methoxy groups -OCH3 is 2. The van der Waals surface area contributed by atoms with Gasteiger partial charge >= 0.3 is 0 Å². The van der Waals surface area contributed by atoms with Crippen molar-refractivity contribution in [1.82, 2.24) is 4.98 Å². The summed E-state index contributed by atoms with van der Waals surface area (Å²) in [5.74, 6) is 1.66. The van der Waals surface area contributed by atoms with Gasteiger partial charge in [-0.1, -0.05) is 6.07 Å². The van der Waals surface area contributed by atoms with Gasteiger partial charge < -0.3 is 19.2 Å². The number of carbonyl (C=O) groups is 1. The molecule has 0 fully saturated rings. The third-order valence-electron chi connectivity index (χ3n) is 3.59. The molecular formula is C18H18N2O4. The van der Waals surface area contributed by atoms with Crippen LogP contribution in [0.1, 0.15) is 11.5 Å². The quantitative estimate of drug-likeness (QED) is 0.778. The Labute approximate surface area is 139 Å². The van der Waals surface area contributed by atoms with Gasteiger partial charge in [-0.05, 0) is 29.8 Å². The molecule has 0 atom stereocenters. The molecule has 6 nitrogen and oxygen atoms in total. The molecule has 0 unspecified atom stereocenters. The largest absolute Gasteiger partial charge is 0.493 e. The number of benzene rings is 2. The van der Waals surface area contributed by atoms with Crippen molar-refractivity contribution < 1.29 is 18.7 Å². The van der Waals surface area contributed by atoms with Crippen molar-refractivity contribution in [2.45, 2.75) is 13.3 Å². The predicted octanol–water partition coefficient (Wildman–Crippen LogP) is 3.33. The highest BCUT2D eigenvalue weighted by atomic mass is 16.5. The molecule has 2 aromatic carbocycles. The van der Waals surface area contributed by atoms with Crippen molar-refractivity contribution in [1.29, 1.82) is 0 Å². The smallest absolute Gasteiger partial charge is 0.228 e. The maximum Gasteiger partial charge on any atom is 0.228 e. The molecule has 0 spiro atoms. The average molecular weight is 326 g/mol. The van der Waals surface area contributed by atoms with Crippen molar-refractivity contribution in [3.63, 3.8) is 0 Å². The highest BCUT2D eigenvalue weighted by molar-refractivity contribution is 5.93. The van der Waals surface area contributed by atoms with Crippen LogP contribution in [0, 0.1) is 6.92 Å². The first-order valence-electron chi connectivity index (χ1n) is 7.47. The number of aromatic nitrogens is 1. The summed E-state index contributed by atoms with van der Waals surface area (Å²) in [6.45, 7) is 1.80. The molecule has 1 amide bonds. The number of anilines is 1. The molecule has 0 radical (unpaired) electrons. The number of fused-ring (bicyclic) bond motifs is 1. The Bertz CT molecular complexity index is 886. The van der Waals surface area contributed by atoms with E-state index in [1.54, 1.807) is 39.3 Å². The molecule has 0 aliphatic heterocycles. The van der Waals surface area contributed by atoms with Crippen LogP contribution >= 0.6 is 0 Å². The van der Waals surface area contributed by atoms with Crippen LogP contribution in [-0.4, -0.2) is 25.1 Å². The second-order valence-electron chi connectivity index (χ2n) is 5.33. The number of hydrogen-bond acceptors (Lipinski definition) is 5. The maximum atomic E-state index is 12.3. The van der Waals surface area contributed by atoms with E-state index in [9.17, 15) is 4.79 Å². The summed E-state index contributed by atoms with van der Waals surface area (Å²) in [6, 6.07) is 10.8. The van der Waals surface area contributed by atoms with E-state index in [1.807, 2.05) is 18.2 Å². The van der Waals surface area contributed by atoms with Crippen LogP contribution in [0.4, 0.5) is 5.69 Å². The standard InChI is InChI=1S/C18H18N2O4/c1-11-19-14-8-12(4-6-15(14)24-11)9-18(21)20-13-5-7-16(22-2)17(10-13)23-3/h4-8,10H,9H2,1-3H3,(H,20,21). The van der Waals surface area contributed by atoms with E-state index in [0.29, 0.717) is 23.1 Å². The van der Waals surface area contributed by atoms with E-state index in [2.05, 4.69) is 10.3 Å². The topological polar surface area (TPSA) is 73.6 Å². The molecule has 124 valence electrons. The van der Waals surface area contributed by atoms with E-state index >= 15 is 0 Å². The number of nitrogens with one attached hydrogen (secondary N) is 1. The number of nitrogens with zero attached hydrogens (tertiary/aromatic N) is 1. The van der Waals surface area contributed by atoms with Gasteiger partial charge in [-0.2, -0.15) is 0 Å². The fourth-order valence-electron chi connectivity index (χ4n) is 2.50. The Kier molecular flexibility index (Phi) is 4.37. The fraction of sp³-hybridized carbons (Fsp3) is 0.222. The summed E-state index contributed by atoms with van der Waals surface area (Å²) in [6.07, 6.45) is 0.246. The second-order valence-corrected chi connectivity index (χ2v) is 5.33. The van der Waals surface area contributed by atoms with Gasteiger partial charge in [-0.3, -0.25) is 4.79 Å². The van der Waals surface area contributed by atoms with Crippen molar-refractivity contribution >= 4 is 22.7 Å². The zero-order chi connectivity index (χ0) is 17.1. The SMILES string of the molecule is COc1ccc(NC(=O)Cc2ccc3oc(C)nc3c2)cc1OC. The van der Waals surface area contributed by atoms with E-state index in [0.717, 1.165) is 16.7 Å². The molecule has 0 saturated carbocycles. The average Bonchev–Trinajstić information content (AvgIpc) is 2.93. The van der Waals surface area contributed by atoms with E-state index < -0.39 is 0 Å². The lowest BCUT2D eigenvalue weighted by molar-refractivity contribution is -0.115. The Hall–Kier alpha value is -3.02. The summed E-state index contributed by atoms with van der Waals surface area (Å²) >= 11 is 0. The van der Waals surface area contributed by atoms with Crippen LogP contribution < -0.4 is 14.8 Å². The maximum absolute atomic E-state index is 12.3.